The van der Waals surface area contributed by atoms with E-state index in [0.717, 1.165) is 48.9 Å². The van der Waals surface area contributed by atoms with Gasteiger partial charge in [-0.2, -0.15) is 36.2 Å². The number of alkyl carbamates (subject to hydrolysis) is 3. The lowest BCUT2D eigenvalue weighted by molar-refractivity contribution is -0.143. The number of allylic oxidation sites excluding steroid dienone is 3. The van der Waals surface area contributed by atoms with Crippen LogP contribution in [0.2, 0.25) is 0 Å². The minimum Gasteiger partial charge on any atom is -0.467 e. The van der Waals surface area contributed by atoms with E-state index in [4.69, 9.17) is 14.2 Å². The molecule has 0 aliphatic heterocycles. The normalized spacial score (nSPS) is 12.1. The number of carbonyl (C=O) groups is 6. The number of halogens is 1. The van der Waals surface area contributed by atoms with E-state index in [1.807, 2.05) is 18.2 Å². The lowest BCUT2D eigenvalue weighted by Crippen LogP contribution is -2.45. The van der Waals surface area contributed by atoms with Crippen molar-refractivity contribution in [2.24, 2.45) is 0 Å². The number of alkyl halides is 1. The lowest BCUT2D eigenvalue weighted by atomic mass is 10.2. The monoisotopic (exact) mass is 989 g/mol. The van der Waals surface area contributed by atoms with Crippen molar-refractivity contribution in [3.8, 4) is 0 Å². The van der Waals surface area contributed by atoms with Crippen LogP contribution >= 0.6 is 52.1 Å². The first-order valence-electron chi connectivity index (χ1n) is 19.7. The highest BCUT2D eigenvalue weighted by molar-refractivity contribution is 9.09. The highest BCUT2D eigenvalue weighted by atomic mass is 79.9. The Balaban J connectivity index is -0.000000377. The van der Waals surface area contributed by atoms with Crippen molar-refractivity contribution in [3.63, 3.8) is 0 Å². The zero-order chi connectivity index (χ0) is 48.1. The van der Waals surface area contributed by atoms with E-state index in [1.165, 1.54) is 27.8 Å². The molecular weight excluding hydrogens is 915 g/mol. The number of unbranched alkanes of at least 4 members (excludes halogenated alkanes) is 3. The zero-order valence-electron chi connectivity index (χ0n) is 38.6. The van der Waals surface area contributed by atoms with Gasteiger partial charge in [-0.3, -0.25) is 0 Å². The highest BCUT2D eigenvalue weighted by Crippen LogP contribution is 2.12. The predicted molar refractivity (Wildman–Crippen MR) is 256 cm³/mol. The van der Waals surface area contributed by atoms with Gasteiger partial charge in [0.1, 0.15) is 34.9 Å². The molecule has 0 aromatic carbocycles. The third-order valence-electron chi connectivity index (χ3n) is 6.22. The molecule has 0 spiro atoms. The number of hydrogen-bond donors (Lipinski definition) is 4. The summed E-state index contributed by atoms with van der Waals surface area (Å²) < 4.78 is 29.1. The molecule has 19 heteroatoms. The maximum atomic E-state index is 11.7. The SMILES string of the molecule is C=CCCCBr.C=CCCCSC[C@H](NC(=O)OC(C)(C)C)C(=O)OC.C=CCCCSC[C@H](NC(=O)OC(C)(C)C)C(=O)OC.COC(=O)[C@H](CS)NC(=O)OC(C)(C)C. The highest BCUT2D eigenvalue weighted by Gasteiger charge is 2.27. The Morgan fingerprint density at radius 2 is 0.836 bits per heavy atom. The summed E-state index contributed by atoms with van der Waals surface area (Å²) in [6.45, 7) is 26.7. The van der Waals surface area contributed by atoms with E-state index in [-0.39, 0.29) is 5.75 Å². The van der Waals surface area contributed by atoms with Crippen LogP contribution in [0.15, 0.2) is 38.0 Å². The van der Waals surface area contributed by atoms with Crippen molar-refractivity contribution < 1.29 is 57.2 Å². The Labute approximate surface area is 388 Å². The third kappa shape index (κ3) is 46.3. The first-order chi connectivity index (χ1) is 28.3. The Bertz CT molecular complexity index is 1210. The third-order valence-corrected chi connectivity index (χ3v) is 9.44. The molecule has 0 aromatic rings. The van der Waals surface area contributed by atoms with Crippen molar-refractivity contribution in [2.45, 2.75) is 136 Å². The Hall–Kier alpha value is -3.03. The van der Waals surface area contributed by atoms with Crippen LogP contribution in [0.5, 0.6) is 0 Å². The van der Waals surface area contributed by atoms with E-state index in [9.17, 15) is 28.8 Å². The Morgan fingerprint density at radius 3 is 1.07 bits per heavy atom. The molecule has 3 amide bonds. The van der Waals surface area contributed by atoms with Crippen molar-refractivity contribution >= 4 is 88.3 Å². The van der Waals surface area contributed by atoms with Crippen LogP contribution < -0.4 is 16.0 Å². The summed E-state index contributed by atoms with van der Waals surface area (Å²) in [6, 6.07) is -2.17. The number of ether oxygens (including phenoxy) is 6. The second-order valence-corrected chi connectivity index (χ2v) is 18.9. The van der Waals surface area contributed by atoms with Crippen LogP contribution in [0.4, 0.5) is 14.4 Å². The molecule has 0 aromatic heterocycles. The first kappa shape index (κ1) is 64.6. The van der Waals surface area contributed by atoms with E-state index >= 15 is 0 Å². The average molecular weight is 991 g/mol. The molecule has 0 saturated carbocycles. The van der Waals surface area contributed by atoms with Crippen LogP contribution in [-0.4, -0.2) is 127 Å². The fraction of sp³-hybridized carbons (Fsp3) is 0.714. The van der Waals surface area contributed by atoms with Gasteiger partial charge in [-0.1, -0.05) is 34.2 Å². The molecule has 0 rings (SSSR count). The number of amides is 3. The summed E-state index contributed by atoms with van der Waals surface area (Å²) in [6.07, 6.45) is 9.98. The standard InChI is InChI=1S/2C14H25NO4S.C9H17NO4S.C5H9Br/c2*1-6-7-8-9-20-10-11(12(16)18-5)15-13(17)19-14(2,3)4;1-9(2,3)14-8(12)10-6(5-15)7(11)13-4;1-2-3-4-5-6/h2*6,11H,1,7-10H2,2-5H3,(H,15,17);6,15H,5H2,1-4H3,(H,10,12);2H,1,3-5H2/t2*11-;6-;/m000./s1. The molecule has 0 fully saturated rings. The topological polar surface area (TPSA) is 194 Å². The number of hydrogen-bond acceptors (Lipinski definition) is 15. The number of methoxy groups -OCH3 is 3. The molecule has 0 radical (unpaired) electrons. The maximum Gasteiger partial charge on any atom is 0.408 e. The second kappa shape index (κ2) is 38.6. The summed E-state index contributed by atoms with van der Waals surface area (Å²) in [4.78, 5) is 68.9. The molecule has 3 N–H and O–H groups in total. The van der Waals surface area contributed by atoms with Gasteiger partial charge in [0.25, 0.3) is 0 Å². The van der Waals surface area contributed by atoms with Crippen molar-refractivity contribution in [1.82, 2.24) is 16.0 Å². The van der Waals surface area contributed by atoms with Gasteiger partial charge in [-0.15, -0.1) is 19.7 Å². The van der Waals surface area contributed by atoms with Crippen LogP contribution in [0, 0.1) is 0 Å². The van der Waals surface area contributed by atoms with Crippen molar-refractivity contribution in [3.05, 3.63) is 38.0 Å². The van der Waals surface area contributed by atoms with E-state index in [1.54, 1.807) is 85.8 Å². The Morgan fingerprint density at radius 1 is 0.557 bits per heavy atom. The molecule has 0 bridgehead atoms. The number of thiol groups is 1. The van der Waals surface area contributed by atoms with Crippen molar-refractivity contribution in [2.75, 3.05) is 55.4 Å². The van der Waals surface area contributed by atoms with E-state index in [2.05, 4.69) is 78.5 Å². The fourth-order valence-electron chi connectivity index (χ4n) is 3.58. The first-order valence-corrected chi connectivity index (χ1v) is 23.7. The zero-order valence-corrected chi connectivity index (χ0v) is 42.7. The van der Waals surface area contributed by atoms with Gasteiger partial charge in [0, 0.05) is 22.6 Å². The molecule has 0 unspecified atom stereocenters. The predicted octanol–water partition coefficient (Wildman–Crippen LogP) is 8.83. The van der Waals surface area contributed by atoms with Gasteiger partial charge in [0.2, 0.25) is 0 Å². The largest absolute Gasteiger partial charge is 0.467 e. The fourth-order valence-corrected chi connectivity index (χ4v) is 6.13. The molecule has 15 nitrogen and oxygen atoms in total. The van der Waals surface area contributed by atoms with Crippen LogP contribution in [0.25, 0.3) is 0 Å². The van der Waals surface area contributed by atoms with Gasteiger partial charge in [0.05, 0.1) is 21.3 Å². The maximum absolute atomic E-state index is 11.7. The van der Waals surface area contributed by atoms with Crippen LogP contribution in [0.1, 0.15) is 101 Å². The quantitative estimate of drug-likeness (QED) is 0.0201. The summed E-state index contributed by atoms with van der Waals surface area (Å²) in [5.74, 6) is 1.40. The Kier molecular flexibility index (Phi) is 40.9. The number of nitrogens with one attached hydrogen (secondary N) is 3. The van der Waals surface area contributed by atoms with E-state index < -0.39 is 71.1 Å². The lowest BCUT2D eigenvalue weighted by Gasteiger charge is -2.22. The minimum absolute atomic E-state index is 0.159. The van der Waals surface area contributed by atoms with Gasteiger partial charge in [0.15, 0.2) is 0 Å². The average Bonchev–Trinajstić information content (AvgIpc) is 3.15. The summed E-state index contributed by atoms with van der Waals surface area (Å²) in [5, 5.41) is 8.53. The smallest absolute Gasteiger partial charge is 0.408 e. The second-order valence-electron chi connectivity index (χ2n) is 15.5. The molecule has 0 aliphatic rings. The molecule has 61 heavy (non-hydrogen) atoms. The minimum atomic E-state index is -0.784. The summed E-state index contributed by atoms with van der Waals surface area (Å²) in [5.41, 5.74) is -1.79. The number of carbonyl (C=O) groups excluding carboxylic acids is 6. The van der Waals surface area contributed by atoms with Crippen LogP contribution in [0.3, 0.4) is 0 Å². The number of thioether (sulfide) groups is 2. The summed E-state index contributed by atoms with van der Waals surface area (Å²) in [7, 11) is 3.85. The number of esters is 3. The molecule has 3 atom stereocenters. The number of rotatable bonds is 22. The molecular formula is C42H76BrN3O12S3. The molecule has 0 heterocycles. The van der Waals surface area contributed by atoms with Gasteiger partial charge < -0.3 is 44.4 Å². The van der Waals surface area contributed by atoms with E-state index in [0.29, 0.717) is 11.5 Å². The molecule has 356 valence electrons. The molecule has 0 saturated heterocycles. The van der Waals surface area contributed by atoms with Gasteiger partial charge in [-0.25, -0.2) is 28.8 Å². The van der Waals surface area contributed by atoms with Gasteiger partial charge in [-0.05, 0) is 112 Å². The molecule has 0 aliphatic carbocycles. The summed E-state index contributed by atoms with van der Waals surface area (Å²) >= 11 is 10.4. The van der Waals surface area contributed by atoms with Crippen molar-refractivity contribution in [1.29, 1.82) is 0 Å². The van der Waals surface area contributed by atoms with Gasteiger partial charge >= 0.3 is 36.2 Å². The van der Waals surface area contributed by atoms with Crippen LogP contribution in [-0.2, 0) is 42.8 Å².